The van der Waals surface area contributed by atoms with Gasteiger partial charge >= 0.3 is 0 Å². The Morgan fingerprint density at radius 2 is 1.95 bits per heavy atom. The molecule has 6 heteroatoms. The first-order valence-corrected chi connectivity index (χ1v) is 6.93. The molecule has 0 bridgehead atoms. The van der Waals surface area contributed by atoms with E-state index in [-0.39, 0.29) is 5.91 Å². The first-order valence-electron chi connectivity index (χ1n) is 6.93. The summed E-state index contributed by atoms with van der Waals surface area (Å²) in [7, 11) is 6.75. The SMILES string of the molecule is COc1ccc(C(=O)N(C)Cc2cn(C)nc2C)cc1OC. The van der Waals surface area contributed by atoms with E-state index in [1.807, 2.05) is 20.2 Å². The molecule has 0 unspecified atom stereocenters. The summed E-state index contributed by atoms with van der Waals surface area (Å²) < 4.78 is 12.2. The zero-order valence-electron chi connectivity index (χ0n) is 13.6. The van der Waals surface area contributed by atoms with E-state index >= 15 is 0 Å². The number of rotatable bonds is 5. The number of aryl methyl sites for hydroxylation is 2. The van der Waals surface area contributed by atoms with Gasteiger partial charge in [-0.05, 0) is 25.1 Å². The van der Waals surface area contributed by atoms with Gasteiger partial charge in [-0.25, -0.2) is 0 Å². The van der Waals surface area contributed by atoms with Crippen molar-refractivity contribution in [3.8, 4) is 11.5 Å². The van der Waals surface area contributed by atoms with Crippen molar-refractivity contribution in [1.29, 1.82) is 0 Å². The summed E-state index contributed by atoms with van der Waals surface area (Å²) >= 11 is 0. The van der Waals surface area contributed by atoms with Crippen molar-refractivity contribution >= 4 is 5.91 Å². The van der Waals surface area contributed by atoms with E-state index in [2.05, 4.69) is 5.10 Å². The predicted molar refractivity (Wildman–Crippen MR) is 83.3 cm³/mol. The van der Waals surface area contributed by atoms with Gasteiger partial charge in [-0.2, -0.15) is 5.10 Å². The number of aromatic nitrogens is 2. The summed E-state index contributed by atoms with van der Waals surface area (Å²) in [5.74, 6) is 1.06. The first-order chi connectivity index (χ1) is 10.5. The lowest BCUT2D eigenvalue weighted by Gasteiger charge is -2.17. The van der Waals surface area contributed by atoms with Crippen molar-refractivity contribution in [3.05, 3.63) is 41.2 Å². The molecule has 6 nitrogen and oxygen atoms in total. The number of amides is 1. The molecule has 0 saturated heterocycles. The largest absolute Gasteiger partial charge is 0.493 e. The summed E-state index contributed by atoms with van der Waals surface area (Å²) in [6.45, 7) is 2.44. The van der Waals surface area contributed by atoms with Gasteiger partial charge in [0.25, 0.3) is 5.91 Å². The monoisotopic (exact) mass is 303 g/mol. The average molecular weight is 303 g/mol. The highest BCUT2D eigenvalue weighted by Gasteiger charge is 2.16. The molecule has 2 aromatic rings. The van der Waals surface area contributed by atoms with E-state index < -0.39 is 0 Å². The van der Waals surface area contributed by atoms with Crippen LogP contribution in [0.3, 0.4) is 0 Å². The highest BCUT2D eigenvalue weighted by molar-refractivity contribution is 5.94. The van der Waals surface area contributed by atoms with Crippen LogP contribution in [0.25, 0.3) is 0 Å². The number of hydrogen-bond acceptors (Lipinski definition) is 4. The summed E-state index contributed by atoms with van der Waals surface area (Å²) in [6.07, 6.45) is 1.92. The molecule has 1 aromatic carbocycles. The Bertz CT molecular complexity index is 679. The van der Waals surface area contributed by atoms with Crippen molar-refractivity contribution in [1.82, 2.24) is 14.7 Å². The van der Waals surface area contributed by atoms with Gasteiger partial charge < -0.3 is 14.4 Å². The molecule has 0 atom stereocenters. The molecule has 0 aliphatic carbocycles. The maximum atomic E-state index is 12.5. The van der Waals surface area contributed by atoms with Crippen LogP contribution in [0, 0.1) is 6.92 Å². The summed E-state index contributed by atoms with van der Waals surface area (Å²) in [5.41, 5.74) is 2.51. The number of hydrogen-bond donors (Lipinski definition) is 0. The van der Waals surface area contributed by atoms with E-state index in [9.17, 15) is 4.79 Å². The van der Waals surface area contributed by atoms with Crippen molar-refractivity contribution in [2.75, 3.05) is 21.3 Å². The van der Waals surface area contributed by atoms with E-state index in [0.29, 0.717) is 23.6 Å². The Hall–Kier alpha value is -2.50. The Labute approximate surface area is 130 Å². The minimum atomic E-state index is -0.0794. The fourth-order valence-corrected chi connectivity index (χ4v) is 2.32. The van der Waals surface area contributed by atoms with E-state index in [1.54, 1.807) is 49.0 Å². The third kappa shape index (κ3) is 3.21. The van der Waals surface area contributed by atoms with Crippen molar-refractivity contribution < 1.29 is 14.3 Å². The zero-order chi connectivity index (χ0) is 16.3. The molecule has 1 heterocycles. The minimum absolute atomic E-state index is 0.0794. The maximum absolute atomic E-state index is 12.5. The molecule has 0 N–H and O–H groups in total. The van der Waals surface area contributed by atoms with Crippen LogP contribution in [0.4, 0.5) is 0 Å². The van der Waals surface area contributed by atoms with Gasteiger partial charge in [-0.1, -0.05) is 0 Å². The van der Waals surface area contributed by atoms with E-state index in [1.165, 1.54) is 0 Å². The first kappa shape index (κ1) is 15.9. The number of nitrogens with zero attached hydrogens (tertiary/aromatic N) is 3. The molecule has 0 aliphatic heterocycles. The number of ether oxygens (including phenoxy) is 2. The molecule has 1 aromatic heterocycles. The lowest BCUT2D eigenvalue weighted by molar-refractivity contribution is 0.0784. The Morgan fingerprint density at radius 3 is 2.50 bits per heavy atom. The number of carbonyl (C=O) groups excluding carboxylic acids is 1. The lowest BCUT2D eigenvalue weighted by atomic mass is 10.1. The van der Waals surface area contributed by atoms with Crippen LogP contribution >= 0.6 is 0 Å². The molecule has 1 amide bonds. The van der Waals surface area contributed by atoms with Gasteiger partial charge in [0.05, 0.1) is 19.9 Å². The standard InChI is InChI=1S/C16H21N3O3/c1-11-13(10-19(3)17-11)9-18(2)16(20)12-6-7-14(21-4)15(8-12)22-5/h6-8,10H,9H2,1-5H3. The second-order valence-corrected chi connectivity index (χ2v) is 5.14. The molecule has 0 spiro atoms. The third-order valence-electron chi connectivity index (χ3n) is 3.50. The molecular formula is C16H21N3O3. The van der Waals surface area contributed by atoms with Crippen LogP contribution in [0.5, 0.6) is 11.5 Å². The molecule has 0 fully saturated rings. The fraction of sp³-hybridized carbons (Fsp3) is 0.375. The minimum Gasteiger partial charge on any atom is -0.493 e. The average Bonchev–Trinajstić information content (AvgIpc) is 2.83. The molecule has 0 aliphatic rings. The second-order valence-electron chi connectivity index (χ2n) is 5.14. The van der Waals surface area contributed by atoms with Crippen LogP contribution in [0.1, 0.15) is 21.6 Å². The van der Waals surface area contributed by atoms with Crippen LogP contribution in [-0.2, 0) is 13.6 Å². The van der Waals surface area contributed by atoms with Crippen LogP contribution in [-0.4, -0.2) is 41.9 Å². The Morgan fingerprint density at radius 1 is 1.27 bits per heavy atom. The summed E-state index contributed by atoms with van der Waals surface area (Å²) in [5, 5.41) is 4.29. The maximum Gasteiger partial charge on any atom is 0.254 e. The summed E-state index contributed by atoms with van der Waals surface area (Å²) in [6, 6.07) is 5.15. The normalized spacial score (nSPS) is 10.4. The van der Waals surface area contributed by atoms with E-state index in [0.717, 1.165) is 11.3 Å². The fourth-order valence-electron chi connectivity index (χ4n) is 2.32. The van der Waals surface area contributed by atoms with Crippen molar-refractivity contribution in [3.63, 3.8) is 0 Å². The van der Waals surface area contributed by atoms with Crippen molar-refractivity contribution in [2.45, 2.75) is 13.5 Å². The molecule has 118 valence electrons. The Kier molecular flexibility index (Phi) is 4.70. The number of methoxy groups -OCH3 is 2. The smallest absolute Gasteiger partial charge is 0.254 e. The molecule has 0 saturated carbocycles. The molecule has 22 heavy (non-hydrogen) atoms. The zero-order valence-corrected chi connectivity index (χ0v) is 13.6. The summed E-state index contributed by atoms with van der Waals surface area (Å²) in [4.78, 5) is 14.2. The van der Waals surface area contributed by atoms with Crippen LogP contribution in [0.15, 0.2) is 24.4 Å². The quantitative estimate of drug-likeness (QED) is 0.848. The lowest BCUT2D eigenvalue weighted by Crippen LogP contribution is -2.26. The topological polar surface area (TPSA) is 56.6 Å². The van der Waals surface area contributed by atoms with Gasteiger partial charge in [0.15, 0.2) is 11.5 Å². The second kappa shape index (κ2) is 6.51. The highest BCUT2D eigenvalue weighted by atomic mass is 16.5. The van der Waals surface area contributed by atoms with Crippen LogP contribution < -0.4 is 9.47 Å². The highest BCUT2D eigenvalue weighted by Crippen LogP contribution is 2.28. The van der Waals surface area contributed by atoms with Crippen LogP contribution in [0.2, 0.25) is 0 Å². The molecular weight excluding hydrogens is 282 g/mol. The Balaban J connectivity index is 2.18. The molecule has 2 rings (SSSR count). The third-order valence-corrected chi connectivity index (χ3v) is 3.50. The van der Waals surface area contributed by atoms with Gasteiger partial charge in [-0.15, -0.1) is 0 Å². The van der Waals surface area contributed by atoms with E-state index in [4.69, 9.17) is 9.47 Å². The van der Waals surface area contributed by atoms with Gasteiger partial charge in [0.1, 0.15) is 0 Å². The predicted octanol–water partition coefficient (Wildman–Crippen LogP) is 2.02. The number of benzene rings is 1. The van der Waals surface area contributed by atoms with Gasteiger partial charge in [0, 0.05) is 38.0 Å². The van der Waals surface area contributed by atoms with Gasteiger partial charge in [0.2, 0.25) is 0 Å². The van der Waals surface area contributed by atoms with Crippen molar-refractivity contribution in [2.24, 2.45) is 7.05 Å². The molecule has 0 radical (unpaired) electrons. The number of carbonyl (C=O) groups is 1. The van der Waals surface area contributed by atoms with Gasteiger partial charge in [-0.3, -0.25) is 9.48 Å².